The van der Waals surface area contributed by atoms with Crippen LogP contribution in [0.15, 0.2) is 4.52 Å². The molecule has 1 saturated carbocycles. The van der Waals surface area contributed by atoms with Crippen LogP contribution in [0.1, 0.15) is 70.0 Å². The average molecular weight is 293 g/mol. The van der Waals surface area contributed by atoms with Gasteiger partial charge in [0.1, 0.15) is 5.60 Å². The second-order valence-electron chi connectivity index (χ2n) is 6.82. The Labute approximate surface area is 126 Å². The van der Waals surface area contributed by atoms with Crippen molar-refractivity contribution < 1.29 is 9.26 Å². The number of nitrogens with one attached hydrogen (secondary N) is 1. The zero-order valence-electron chi connectivity index (χ0n) is 13.3. The monoisotopic (exact) mass is 293 g/mol. The standard InChI is InChI=1S/C16H27N3O2/c1-15(8-6-7-11-20-15)14-18-13(21-19-14)12-16(17-2)9-4-3-5-10-16/h17H,3-12H2,1-2H3. The first-order valence-electron chi connectivity index (χ1n) is 8.32. The first-order chi connectivity index (χ1) is 10.2. The van der Waals surface area contributed by atoms with Gasteiger partial charge in [0, 0.05) is 18.6 Å². The van der Waals surface area contributed by atoms with Crippen molar-refractivity contribution in [3.8, 4) is 0 Å². The summed E-state index contributed by atoms with van der Waals surface area (Å²) in [6.07, 6.45) is 10.4. The fourth-order valence-corrected chi connectivity index (χ4v) is 3.69. The van der Waals surface area contributed by atoms with Crippen molar-refractivity contribution in [2.45, 2.75) is 75.9 Å². The number of rotatable bonds is 4. The van der Waals surface area contributed by atoms with Crippen molar-refractivity contribution in [3.05, 3.63) is 11.7 Å². The van der Waals surface area contributed by atoms with E-state index in [2.05, 4.69) is 22.4 Å². The Balaban J connectivity index is 1.72. The summed E-state index contributed by atoms with van der Waals surface area (Å²) in [5, 5.41) is 7.71. The van der Waals surface area contributed by atoms with Gasteiger partial charge in [-0.25, -0.2) is 0 Å². The molecule has 1 saturated heterocycles. The molecule has 1 N–H and O–H groups in total. The zero-order chi connectivity index (χ0) is 14.8. The molecule has 1 aromatic rings. The molecule has 2 fully saturated rings. The van der Waals surface area contributed by atoms with E-state index in [1.165, 1.54) is 38.5 Å². The van der Waals surface area contributed by atoms with E-state index < -0.39 is 0 Å². The lowest BCUT2D eigenvalue weighted by atomic mass is 9.79. The minimum absolute atomic E-state index is 0.135. The Morgan fingerprint density at radius 3 is 2.52 bits per heavy atom. The lowest BCUT2D eigenvalue weighted by Crippen LogP contribution is -2.46. The van der Waals surface area contributed by atoms with E-state index in [1.807, 2.05) is 7.05 Å². The molecule has 0 spiro atoms. The highest BCUT2D eigenvalue weighted by molar-refractivity contribution is 5.04. The second kappa shape index (κ2) is 6.05. The third kappa shape index (κ3) is 3.14. The van der Waals surface area contributed by atoms with Crippen molar-refractivity contribution in [1.29, 1.82) is 0 Å². The SMILES string of the molecule is CNC1(Cc2nc(C3(C)CCCCO3)no2)CCCCC1. The number of likely N-dealkylation sites (N-methyl/N-ethyl adjacent to an activating group) is 1. The van der Waals surface area contributed by atoms with Crippen LogP contribution in [0.25, 0.3) is 0 Å². The van der Waals surface area contributed by atoms with E-state index in [9.17, 15) is 0 Å². The highest BCUT2D eigenvalue weighted by Crippen LogP contribution is 2.34. The van der Waals surface area contributed by atoms with E-state index in [0.29, 0.717) is 0 Å². The molecular weight excluding hydrogens is 266 g/mol. The highest BCUT2D eigenvalue weighted by Gasteiger charge is 2.37. The zero-order valence-corrected chi connectivity index (χ0v) is 13.3. The topological polar surface area (TPSA) is 60.2 Å². The number of ether oxygens (including phenoxy) is 1. The Hall–Kier alpha value is -0.940. The van der Waals surface area contributed by atoms with E-state index >= 15 is 0 Å². The van der Waals surface area contributed by atoms with Gasteiger partial charge in [-0.2, -0.15) is 4.98 Å². The quantitative estimate of drug-likeness (QED) is 0.925. The Morgan fingerprint density at radius 2 is 1.86 bits per heavy atom. The lowest BCUT2D eigenvalue weighted by Gasteiger charge is -2.36. The van der Waals surface area contributed by atoms with Gasteiger partial charge in [0.15, 0.2) is 0 Å². The number of nitrogens with zero attached hydrogens (tertiary/aromatic N) is 2. The molecule has 1 aromatic heterocycles. The molecule has 118 valence electrons. The largest absolute Gasteiger partial charge is 0.367 e. The van der Waals surface area contributed by atoms with Crippen LogP contribution >= 0.6 is 0 Å². The Kier molecular flexibility index (Phi) is 4.31. The maximum atomic E-state index is 5.91. The van der Waals surface area contributed by atoms with E-state index in [0.717, 1.165) is 37.6 Å². The fourth-order valence-electron chi connectivity index (χ4n) is 3.69. The summed E-state index contributed by atoms with van der Waals surface area (Å²) in [5.41, 5.74) is -0.226. The van der Waals surface area contributed by atoms with Crippen LogP contribution in [0.5, 0.6) is 0 Å². The summed E-state index contributed by atoms with van der Waals surface area (Å²) in [6, 6.07) is 0. The van der Waals surface area contributed by atoms with Gasteiger partial charge in [0.2, 0.25) is 11.7 Å². The molecule has 1 aliphatic heterocycles. The third-order valence-corrected chi connectivity index (χ3v) is 5.24. The van der Waals surface area contributed by atoms with Crippen LogP contribution in [-0.4, -0.2) is 29.3 Å². The summed E-state index contributed by atoms with van der Waals surface area (Å²) >= 11 is 0. The van der Waals surface area contributed by atoms with Crippen LogP contribution in [0.4, 0.5) is 0 Å². The molecule has 21 heavy (non-hydrogen) atoms. The van der Waals surface area contributed by atoms with Gasteiger partial charge in [0.25, 0.3) is 0 Å². The Bertz CT molecular complexity index is 460. The van der Waals surface area contributed by atoms with Gasteiger partial charge in [-0.3, -0.25) is 0 Å². The molecule has 1 aliphatic carbocycles. The minimum atomic E-state index is -0.362. The van der Waals surface area contributed by atoms with Gasteiger partial charge in [-0.15, -0.1) is 0 Å². The fraction of sp³-hybridized carbons (Fsp3) is 0.875. The van der Waals surface area contributed by atoms with Crippen LogP contribution in [0.3, 0.4) is 0 Å². The molecule has 1 unspecified atom stereocenters. The summed E-state index contributed by atoms with van der Waals surface area (Å²) < 4.78 is 11.4. The third-order valence-electron chi connectivity index (χ3n) is 5.24. The predicted molar refractivity (Wildman–Crippen MR) is 80.0 cm³/mol. The molecule has 0 radical (unpaired) electrons. The van der Waals surface area contributed by atoms with Crippen LogP contribution in [0, 0.1) is 0 Å². The second-order valence-corrected chi connectivity index (χ2v) is 6.82. The molecule has 0 aromatic carbocycles. The Morgan fingerprint density at radius 1 is 1.10 bits per heavy atom. The molecular formula is C16H27N3O2. The van der Waals surface area contributed by atoms with Gasteiger partial charge in [0.05, 0.1) is 0 Å². The van der Waals surface area contributed by atoms with Gasteiger partial charge in [-0.05, 0) is 46.1 Å². The van der Waals surface area contributed by atoms with E-state index in [-0.39, 0.29) is 11.1 Å². The summed E-state index contributed by atoms with van der Waals surface area (Å²) in [5.74, 6) is 1.47. The van der Waals surface area contributed by atoms with Gasteiger partial charge in [-0.1, -0.05) is 24.4 Å². The van der Waals surface area contributed by atoms with Crippen molar-refractivity contribution in [1.82, 2.24) is 15.5 Å². The first-order valence-corrected chi connectivity index (χ1v) is 8.32. The smallest absolute Gasteiger partial charge is 0.228 e. The molecule has 1 atom stereocenters. The minimum Gasteiger partial charge on any atom is -0.367 e. The highest BCUT2D eigenvalue weighted by atomic mass is 16.5. The average Bonchev–Trinajstić information content (AvgIpc) is 2.98. The van der Waals surface area contributed by atoms with Crippen molar-refractivity contribution in [2.24, 2.45) is 0 Å². The summed E-state index contributed by atoms with van der Waals surface area (Å²) in [7, 11) is 2.05. The van der Waals surface area contributed by atoms with Gasteiger partial charge >= 0.3 is 0 Å². The predicted octanol–water partition coefficient (Wildman–Crippen LogP) is 2.95. The van der Waals surface area contributed by atoms with Crippen LogP contribution in [-0.2, 0) is 16.8 Å². The van der Waals surface area contributed by atoms with Crippen LogP contribution in [0.2, 0.25) is 0 Å². The summed E-state index contributed by atoms with van der Waals surface area (Å²) in [4.78, 5) is 4.65. The van der Waals surface area contributed by atoms with Crippen molar-refractivity contribution in [3.63, 3.8) is 0 Å². The molecule has 0 bridgehead atoms. The van der Waals surface area contributed by atoms with Gasteiger partial charge < -0.3 is 14.6 Å². The maximum absolute atomic E-state index is 5.91. The normalized spacial score (nSPS) is 29.4. The molecule has 5 heteroatoms. The van der Waals surface area contributed by atoms with Crippen molar-refractivity contribution in [2.75, 3.05) is 13.7 Å². The van der Waals surface area contributed by atoms with Crippen LogP contribution < -0.4 is 5.32 Å². The maximum Gasteiger partial charge on any atom is 0.228 e. The van der Waals surface area contributed by atoms with E-state index in [1.54, 1.807) is 0 Å². The van der Waals surface area contributed by atoms with Crippen molar-refractivity contribution >= 4 is 0 Å². The molecule has 2 aliphatic rings. The summed E-state index contributed by atoms with van der Waals surface area (Å²) in [6.45, 7) is 2.87. The molecule has 5 nitrogen and oxygen atoms in total. The number of aromatic nitrogens is 2. The first kappa shape index (κ1) is 15.0. The number of hydrogen-bond acceptors (Lipinski definition) is 5. The number of hydrogen-bond donors (Lipinski definition) is 1. The molecule has 0 amide bonds. The molecule has 3 rings (SSSR count). The molecule has 2 heterocycles. The van der Waals surface area contributed by atoms with E-state index in [4.69, 9.17) is 9.26 Å². The lowest BCUT2D eigenvalue weighted by molar-refractivity contribution is -0.0770.